The van der Waals surface area contributed by atoms with E-state index in [1.165, 1.54) is 4.57 Å². The van der Waals surface area contributed by atoms with Gasteiger partial charge in [0, 0.05) is 17.3 Å². The van der Waals surface area contributed by atoms with E-state index in [1.807, 2.05) is 13.8 Å². The van der Waals surface area contributed by atoms with Gasteiger partial charge in [0.1, 0.15) is 11.4 Å². The largest absolute Gasteiger partial charge is 0.384 e. The van der Waals surface area contributed by atoms with E-state index >= 15 is 0 Å². The number of halogens is 1. The highest BCUT2D eigenvalue weighted by Gasteiger charge is 2.22. The molecule has 2 rings (SSSR count). The number of nitrogen functional groups attached to an aromatic ring is 1. The topological polar surface area (TPSA) is 130 Å². The van der Waals surface area contributed by atoms with Crippen LogP contribution < -0.4 is 22.3 Å². The summed E-state index contributed by atoms with van der Waals surface area (Å²) in [6, 6.07) is 5.16. The standard InChI is InChI=1S/C20H26ClN5O4/c1-4-8-26-18(22)17(19(29)24-20(26)30)15(27)10-25(5-2)11-16(28)23-14-9-13(21)7-6-12(14)3/h6-7,9H,4-5,8,10-11,22H2,1-3H3,(H,23,28)(H,24,29,30). The number of likely N-dealkylation sites (N-methyl/N-ethyl adjacent to an activating group) is 1. The lowest BCUT2D eigenvalue weighted by atomic mass is 10.1. The van der Waals surface area contributed by atoms with E-state index in [-0.39, 0.29) is 36.9 Å². The predicted octanol–water partition coefficient (Wildman–Crippen LogP) is 1.63. The number of ketones is 1. The number of benzene rings is 1. The summed E-state index contributed by atoms with van der Waals surface area (Å²) in [5.41, 5.74) is 5.62. The summed E-state index contributed by atoms with van der Waals surface area (Å²) in [6.45, 7) is 5.87. The summed E-state index contributed by atoms with van der Waals surface area (Å²) in [7, 11) is 0. The van der Waals surface area contributed by atoms with Gasteiger partial charge in [-0.25, -0.2) is 4.79 Å². The lowest BCUT2D eigenvalue weighted by Gasteiger charge is -2.20. The van der Waals surface area contributed by atoms with Crippen molar-refractivity contribution in [3.05, 3.63) is 55.2 Å². The number of H-pyrrole nitrogens is 1. The third-order valence-electron chi connectivity index (χ3n) is 4.62. The van der Waals surface area contributed by atoms with Crippen molar-refractivity contribution in [2.75, 3.05) is 30.7 Å². The molecule has 1 amide bonds. The monoisotopic (exact) mass is 435 g/mol. The van der Waals surface area contributed by atoms with E-state index in [1.54, 1.807) is 30.0 Å². The van der Waals surface area contributed by atoms with Crippen molar-refractivity contribution < 1.29 is 9.59 Å². The van der Waals surface area contributed by atoms with Crippen LogP contribution in [0.3, 0.4) is 0 Å². The minimum absolute atomic E-state index is 0.0688. The molecule has 0 radical (unpaired) electrons. The van der Waals surface area contributed by atoms with E-state index in [0.717, 1.165) is 5.56 Å². The molecule has 162 valence electrons. The number of nitrogens with zero attached hydrogens (tertiary/aromatic N) is 2. The molecule has 0 fully saturated rings. The number of hydrogen-bond acceptors (Lipinski definition) is 6. The number of aryl methyl sites for hydroxylation is 1. The molecule has 9 nitrogen and oxygen atoms in total. The Hall–Kier alpha value is -2.91. The molecule has 0 saturated carbocycles. The normalized spacial score (nSPS) is 11.0. The van der Waals surface area contributed by atoms with Crippen molar-refractivity contribution >= 4 is 34.8 Å². The highest BCUT2D eigenvalue weighted by molar-refractivity contribution is 6.31. The molecule has 0 saturated heterocycles. The van der Waals surface area contributed by atoms with Gasteiger partial charge in [0.15, 0.2) is 5.78 Å². The van der Waals surface area contributed by atoms with Gasteiger partial charge in [0.2, 0.25) is 5.91 Å². The van der Waals surface area contributed by atoms with Gasteiger partial charge in [0.25, 0.3) is 5.56 Å². The number of anilines is 2. The Balaban J connectivity index is 2.16. The van der Waals surface area contributed by atoms with Gasteiger partial charge in [-0.05, 0) is 37.6 Å². The number of Topliss-reactive ketones (excluding diaryl/α,β-unsaturated/α-hetero) is 1. The number of amides is 1. The maximum absolute atomic E-state index is 12.8. The van der Waals surface area contributed by atoms with Gasteiger partial charge in [0.05, 0.1) is 13.1 Å². The first-order valence-electron chi connectivity index (χ1n) is 9.62. The van der Waals surface area contributed by atoms with Crippen LogP contribution in [0.5, 0.6) is 0 Å². The summed E-state index contributed by atoms with van der Waals surface area (Å²) in [5.74, 6) is -1.05. The molecule has 1 aromatic carbocycles. The SMILES string of the molecule is CCCn1c(N)c(C(=O)CN(CC)CC(=O)Nc2cc(Cl)ccc2C)c(=O)[nH]c1=O. The first-order valence-corrected chi connectivity index (χ1v) is 9.99. The van der Waals surface area contributed by atoms with Gasteiger partial charge in [-0.15, -0.1) is 0 Å². The number of aromatic nitrogens is 2. The van der Waals surface area contributed by atoms with Crippen molar-refractivity contribution in [2.45, 2.75) is 33.7 Å². The highest BCUT2D eigenvalue weighted by atomic mass is 35.5. The van der Waals surface area contributed by atoms with Crippen LogP contribution in [0.15, 0.2) is 27.8 Å². The van der Waals surface area contributed by atoms with Crippen LogP contribution in [0.4, 0.5) is 11.5 Å². The summed E-state index contributed by atoms with van der Waals surface area (Å²) in [5, 5.41) is 3.27. The van der Waals surface area contributed by atoms with E-state index in [9.17, 15) is 19.2 Å². The summed E-state index contributed by atoms with van der Waals surface area (Å²) >= 11 is 5.97. The zero-order chi connectivity index (χ0) is 22.4. The second kappa shape index (κ2) is 10.2. The Morgan fingerprint density at radius 3 is 2.57 bits per heavy atom. The van der Waals surface area contributed by atoms with Crippen molar-refractivity contribution in [1.82, 2.24) is 14.5 Å². The Labute approximate surface area is 178 Å². The number of nitrogens with two attached hydrogens (primary N) is 1. The minimum atomic E-state index is -0.829. The van der Waals surface area contributed by atoms with Crippen LogP contribution in [0.1, 0.15) is 36.2 Å². The molecule has 0 atom stereocenters. The van der Waals surface area contributed by atoms with Crippen LogP contribution in [-0.2, 0) is 11.3 Å². The quantitative estimate of drug-likeness (QED) is 0.513. The molecule has 4 N–H and O–H groups in total. The second-order valence-corrected chi connectivity index (χ2v) is 7.34. The predicted molar refractivity (Wildman–Crippen MR) is 117 cm³/mol. The van der Waals surface area contributed by atoms with Gasteiger partial charge in [-0.1, -0.05) is 31.5 Å². The lowest BCUT2D eigenvalue weighted by Crippen LogP contribution is -2.41. The van der Waals surface area contributed by atoms with Crippen LogP contribution >= 0.6 is 11.6 Å². The van der Waals surface area contributed by atoms with Crippen LogP contribution in [0.25, 0.3) is 0 Å². The maximum atomic E-state index is 12.8. The minimum Gasteiger partial charge on any atom is -0.384 e. The zero-order valence-electron chi connectivity index (χ0n) is 17.3. The smallest absolute Gasteiger partial charge is 0.329 e. The molecule has 0 spiro atoms. The molecule has 30 heavy (non-hydrogen) atoms. The second-order valence-electron chi connectivity index (χ2n) is 6.91. The van der Waals surface area contributed by atoms with Crippen molar-refractivity contribution in [3.63, 3.8) is 0 Å². The first kappa shape index (κ1) is 23.4. The zero-order valence-corrected chi connectivity index (χ0v) is 18.0. The number of carbonyl (C=O) groups excluding carboxylic acids is 2. The summed E-state index contributed by atoms with van der Waals surface area (Å²) in [6.07, 6.45) is 0.605. The van der Waals surface area contributed by atoms with Crippen LogP contribution in [0, 0.1) is 6.92 Å². The molecule has 1 heterocycles. The van der Waals surface area contributed by atoms with Gasteiger partial charge in [-0.3, -0.25) is 28.8 Å². The average Bonchev–Trinajstić information content (AvgIpc) is 2.67. The number of aromatic amines is 1. The van der Waals surface area contributed by atoms with E-state index in [4.69, 9.17) is 17.3 Å². The molecular weight excluding hydrogens is 410 g/mol. The molecule has 0 aliphatic carbocycles. The van der Waals surface area contributed by atoms with E-state index in [2.05, 4.69) is 10.3 Å². The van der Waals surface area contributed by atoms with Crippen LogP contribution in [0.2, 0.25) is 5.02 Å². The fraction of sp³-hybridized carbons (Fsp3) is 0.400. The molecule has 1 aromatic heterocycles. The van der Waals surface area contributed by atoms with Crippen molar-refractivity contribution in [3.8, 4) is 0 Å². The number of hydrogen-bond donors (Lipinski definition) is 3. The van der Waals surface area contributed by atoms with E-state index in [0.29, 0.717) is 23.7 Å². The molecule has 0 unspecified atom stereocenters. The fourth-order valence-corrected chi connectivity index (χ4v) is 3.16. The molecule has 0 bridgehead atoms. The third kappa shape index (κ3) is 5.58. The molecular formula is C20H26ClN5O4. The third-order valence-corrected chi connectivity index (χ3v) is 4.86. The molecule has 0 aliphatic heterocycles. The number of carbonyl (C=O) groups is 2. The van der Waals surface area contributed by atoms with Crippen LogP contribution in [-0.4, -0.2) is 45.8 Å². The van der Waals surface area contributed by atoms with Gasteiger partial charge >= 0.3 is 5.69 Å². The maximum Gasteiger partial charge on any atom is 0.329 e. The van der Waals surface area contributed by atoms with E-state index < -0.39 is 17.0 Å². The fourth-order valence-electron chi connectivity index (χ4n) is 2.99. The first-order chi connectivity index (χ1) is 14.2. The molecule has 0 aliphatic rings. The summed E-state index contributed by atoms with van der Waals surface area (Å²) in [4.78, 5) is 53.0. The number of nitrogens with one attached hydrogen (secondary N) is 2. The Bertz CT molecular complexity index is 1060. The summed E-state index contributed by atoms with van der Waals surface area (Å²) < 4.78 is 1.17. The van der Waals surface area contributed by atoms with Gasteiger partial charge in [-0.2, -0.15) is 0 Å². The molecule has 10 heteroatoms. The highest BCUT2D eigenvalue weighted by Crippen LogP contribution is 2.20. The Kier molecular flexibility index (Phi) is 7.96. The van der Waals surface area contributed by atoms with Crippen molar-refractivity contribution in [1.29, 1.82) is 0 Å². The lowest BCUT2D eigenvalue weighted by molar-refractivity contribution is -0.117. The van der Waals surface area contributed by atoms with Gasteiger partial charge < -0.3 is 11.1 Å². The Morgan fingerprint density at radius 1 is 1.23 bits per heavy atom. The van der Waals surface area contributed by atoms with Crippen molar-refractivity contribution in [2.24, 2.45) is 0 Å². The number of rotatable bonds is 9. The Morgan fingerprint density at radius 2 is 1.93 bits per heavy atom. The molecule has 2 aromatic rings. The average molecular weight is 436 g/mol.